The Kier molecular flexibility index (Phi) is 3.09. The van der Waals surface area contributed by atoms with E-state index in [4.69, 9.17) is 0 Å². The summed E-state index contributed by atoms with van der Waals surface area (Å²) in [6.45, 7) is 4.25. The highest BCUT2D eigenvalue weighted by Gasteiger charge is 2.13. The SMILES string of the molecule is Cc1ncc(CC2CCCNC2)cn1. The van der Waals surface area contributed by atoms with Crippen LogP contribution in [0.3, 0.4) is 0 Å². The fraction of sp³-hybridized carbons (Fsp3) is 0.636. The first-order valence-electron chi connectivity index (χ1n) is 5.33. The lowest BCUT2D eigenvalue weighted by molar-refractivity contribution is 0.375. The Morgan fingerprint density at radius 2 is 2.21 bits per heavy atom. The highest BCUT2D eigenvalue weighted by atomic mass is 14.9. The van der Waals surface area contributed by atoms with Gasteiger partial charge in [-0.1, -0.05) is 0 Å². The fourth-order valence-corrected chi connectivity index (χ4v) is 1.96. The summed E-state index contributed by atoms with van der Waals surface area (Å²) in [6.07, 6.45) is 7.67. The smallest absolute Gasteiger partial charge is 0.125 e. The summed E-state index contributed by atoms with van der Waals surface area (Å²) in [5.74, 6) is 1.63. The zero-order valence-electron chi connectivity index (χ0n) is 8.66. The maximum absolute atomic E-state index is 4.21. The maximum atomic E-state index is 4.21. The van der Waals surface area contributed by atoms with Crippen molar-refractivity contribution >= 4 is 0 Å². The molecule has 3 nitrogen and oxygen atoms in total. The number of piperidine rings is 1. The van der Waals surface area contributed by atoms with Crippen molar-refractivity contribution in [1.82, 2.24) is 15.3 Å². The summed E-state index contributed by atoms with van der Waals surface area (Å²) >= 11 is 0. The minimum absolute atomic E-state index is 0.773. The molecule has 1 unspecified atom stereocenters. The Morgan fingerprint density at radius 1 is 1.43 bits per heavy atom. The molecule has 2 rings (SSSR count). The highest BCUT2D eigenvalue weighted by molar-refractivity contribution is 5.06. The van der Waals surface area contributed by atoms with Gasteiger partial charge in [-0.2, -0.15) is 0 Å². The number of nitrogens with one attached hydrogen (secondary N) is 1. The summed E-state index contributed by atoms with van der Waals surface area (Å²) in [7, 11) is 0. The van der Waals surface area contributed by atoms with Gasteiger partial charge in [0.25, 0.3) is 0 Å². The molecular weight excluding hydrogens is 174 g/mol. The van der Waals surface area contributed by atoms with Crippen LogP contribution in [-0.4, -0.2) is 23.1 Å². The number of aromatic nitrogens is 2. The summed E-state index contributed by atoms with van der Waals surface area (Å²) in [6, 6.07) is 0. The van der Waals surface area contributed by atoms with Crippen molar-refractivity contribution in [2.45, 2.75) is 26.2 Å². The van der Waals surface area contributed by atoms with Gasteiger partial charge in [0.05, 0.1) is 0 Å². The Bertz CT molecular complexity index is 275. The van der Waals surface area contributed by atoms with Crippen LogP contribution in [0.2, 0.25) is 0 Å². The van der Waals surface area contributed by atoms with E-state index in [1.54, 1.807) is 0 Å². The molecule has 1 aromatic rings. The number of nitrogens with zero attached hydrogens (tertiary/aromatic N) is 2. The van der Waals surface area contributed by atoms with Crippen LogP contribution in [0.4, 0.5) is 0 Å². The second-order valence-electron chi connectivity index (χ2n) is 4.06. The lowest BCUT2D eigenvalue weighted by Gasteiger charge is -2.22. The Hall–Kier alpha value is -0.960. The molecular formula is C11H17N3. The molecule has 0 spiro atoms. The van der Waals surface area contributed by atoms with E-state index in [1.165, 1.54) is 24.9 Å². The minimum atomic E-state index is 0.773. The molecule has 0 saturated carbocycles. The van der Waals surface area contributed by atoms with Gasteiger partial charge in [-0.15, -0.1) is 0 Å². The number of aryl methyl sites for hydroxylation is 1. The van der Waals surface area contributed by atoms with Crippen molar-refractivity contribution in [3.8, 4) is 0 Å². The van der Waals surface area contributed by atoms with Crippen LogP contribution in [0.25, 0.3) is 0 Å². The van der Waals surface area contributed by atoms with Crippen molar-refractivity contribution in [3.05, 3.63) is 23.8 Å². The van der Waals surface area contributed by atoms with Gasteiger partial charge in [-0.05, 0) is 50.8 Å². The first-order chi connectivity index (χ1) is 6.84. The molecule has 14 heavy (non-hydrogen) atoms. The maximum Gasteiger partial charge on any atom is 0.125 e. The average Bonchev–Trinajstić information content (AvgIpc) is 2.23. The third kappa shape index (κ3) is 2.51. The summed E-state index contributed by atoms with van der Waals surface area (Å²) in [5, 5.41) is 3.43. The lowest BCUT2D eigenvalue weighted by Crippen LogP contribution is -2.30. The zero-order chi connectivity index (χ0) is 9.80. The molecule has 1 N–H and O–H groups in total. The van der Waals surface area contributed by atoms with Gasteiger partial charge >= 0.3 is 0 Å². The van der Waals surface area contributed by atoms with Crippen LogP contribution in [-0.2, 0) is 6.42 Å². The number of rotatable bonds is 2. The van der Waals surface area contributed by atoms with Crippen molar-refractivity contribution in [2.75, 3.05) is 13.1 Å². The van der Waals surface area contributed by atoms with Crippen molar-refractivity contribution in [3.63, 3.8) is 0 Å². The van der Waals surface area contributed by atoms with Crippen molar-refractivity contribution in [2.24, 2.45) is 5.92 Å². The molecule has 1 aliphatic heterocycles. The van der Waals surface area contributed by atoms with E-state index in [0.717, 1.165) is 24.7 Å². The largest absolute Gasteiger partial charge is 0.316 e. The molecule has 1 atom stereocenters. The molecule has 0 radical (unpaired) electrons. The van der Waals surface area contributed by atoms with Gasteiger partial charge in [0, 0.05) is 12.4 Å². The summed E-state index contributed by atoms with van der Waals surface area (Å²) in [4.78, 5) is 8.43. The van der Waals surface area contributed by atoms with Gasteiger partial charge < -0.3 is 5.32 Å². The van der Waals surface area contributed by atoms with Gasteiger partial charge in [0.2, 0.25) is 0 Å². The predicted octanol–water partition coefficient (Wildman–Crippen LogP) is 1.33. The van der Waals surface area contributed by atoms with Gasteiger partial charge in [-0.3, -0.25) is 0 Å². The van der Waals surface area contributed by atoms with Crippen LogP contribution < -0.4 is 5.32 Å². The van der Waals surface area contributed by atoms with E-state index in [9.17, 15) is 0 Å². The first-order valence-corrected chi connectivity index (χ1v) is 5.33. The fourth-order valence-electron chi connectivity index (χ4n) is 1.96. The normalized spacial score (nSPS) is 22.2. The monoisotopic (exact) mass is 191 g/mol. The van der Waals surface area contributed by atoms with Gasteiger partial charge in [0.1, 0.15) is 5.82 Å². The van der Waals surface area contributed by atoms with E-state index in [1.807, 2.05) is 19.3 Å². The van der Waals surface area contributed by atoms with Crippen LogP contribution in [0.5, 0.6) is 0 Å². The molecule has 3 heteroatoms. The zero-order valence-corrected chi connectivity index (χ0v) is 8.66. The van der Waals surface area contributed by atoms with E-state index in [0.29, 0.717) is 0 Å². The van der Waals surface area contributed by atoms with Crippen LogP contribution in [0.1, 0.15) is 24.2 Å². The van der Waals surface area contributed by atoms with Gasteiger partial charge in [0.15, 0.2) is 0 Å². The van der Waals surface area contributed by atoms with Crippen LogP contribution >= 0.6 is 0 Å². The molecule has 1 aliphatic rings. The lowest BCUT2D eigenvalue weighted by atomic mass is 9.93. The highest BCUT2D eigenvalue weighted by Crippen LogP contribution is 2.15. The third-order valence-electron chi connectivity index (χ3n) is 2.76. The molecule has 1 aromatic heterocycles. The third-order valence-corrected chi connectivity index (χ3v) is 2.76. The van der Waals surface area contributed by atoms with E-state index in [2.05, 4.69) is 15.3 Å². The van der Waals surface area contributed by atoms with Crippen LogP contribution in [0.15, 0.2) is 12.4 Å². The summed E-state index contributed by atoms with van der Waals surface area (Å²) in [5.41, 5.74) is 1.27. The number of hydrogen-bond donors (Lipinski definition) is 1. The topological polar surface area (TPSA) is 37.8 Å². The second-order valence-corrected chi connectivity index (χ2v) is 4.06. The molecule has 2 heterocycles. The molecule has 76 valence electrons. The quantitative estimate of drug-likeness (QED) is 0.766. The van der Waals surface area contributed by atoms with Crippen LogP contribution in [0, 0.1) is 12.8 Å². The van der Waals surface area contributed by atoms with E-state index < -0.39 is 0 Å². The number of hydrogen-bond acceptors (Lipinski definition) is 3. The molecule has 0 amide bonds. The molecule has 0 aliphatic carbocycles. The molecule has 0 bridgehead atoms. The van der Waals surface area contributed by atoms with Crippen molar-refractivity contribution < 1.29 is 0 Å². The average molecular weight is 191 g/mol. The minimum Gasteiger partial charge on any atom is -0.316 e. The Morgan fingerprint density at radius 3 is 2.86 bits per heavy atom. The molecule has 1 saturated heterocycles. The Balaban J connectivity index is 1.92. The van der Waals surface area contributed by atoms with Crippen molar-refractivity contribution in [1.29, 1.82) is 0 Å². The molecule has 0 aromatic carbocycles. The summed E-state index contributed by atoms with van der Waals surface area (Å²) < 4.78 is 0. The Labute approximate surface area is 85.0 Å². The van der Waals surface area contributed by atoms with E-state index >= 15 is 0 Å². The van der Waals surface area contributed by atoms with E-state index in [-0.39, 0.29) is 0 Å². The van der Waals surface area contributed by atoms with Gasteiger partial charge in [-0.25, -0.2) is 9.97 Å². The first kappa shape index (κ1) is 9.59. The predicted molar refractivity (Wildman–Crippen MR) is 56.1 cm³/mol. The standard InChI is InChI=1S/C11H17N3/c1-9-13-7-11(8-14-9)5-10-3-2-4-12-6-10/h7-8,10,12H,2-6H2,1H3. The second kappa shape index (κ2) is 4.51. The molecule has 1 fully saturated rings.